The molecule has 0 N–H and O–H groups in total. The number of hydrogen-bond acceptors (Lipinski definition) is 2. The molecule has 2 heteroatoms. The van der Waals surface area contributed by atoms with E-state index in [1.165, 1.54) is 60.5 Å². The first-order chi connectivity index (χ1) is 28.6. The molecule has 11 rings (SSSR count). The minimum absolute atomic E-state index is 0.103. The molecular weight excluding hydrogens is 715 g/mol. The van der Waals surface area contributed by atoms with Crippen molar-refractivity contribution in [2.75, 3.05) is 4.90 Å². The summed E-state index contributed by atoms with van der Waals surface area (Å²) in [6.45, 7) is 11.5. The Hall–Kier alpha value is -6.90. The number of anilines is 3. The van der Waals surface area contributed by atoms with Gasteiger partial charge < -0.3 is 9.32 Å². The maximum Gasteiger partial charge on any atom is 0.143 e. The zero-order valence-corrected chi connectivity index (χ0v) is 34.2. The van der Waals surface area contributed by atoms with Gasteiger partial charge in [0.15, 0.2) is 0 Å². The Bertz CT molecular complexity index is 3270. The maximum absolute atomic E-state index is 6.77. The highest BCUT2D eigenvalue weighted by atomic mass is 16.3. The molecule has 0 radical (unpaired) electrons. The van der Waals surface area contributed by atoms with E-state index in [4.69, 9.17) is 4.42 Å². The zero-order valence-electron chi connectivity index (χ0n) is 34.2. The van der Waals surface area contributed by atoms with Crippen LogP contribution in [-0.4, -0.2) is 0 Å². The van der Waals surface area contributed by atoms with Gasteiger partial charge in [-0.1, -0.05) is 168 Å². The Morgan fingerprint density at radius 2 is 1.07 bits per heavy atom. The third kappa shape index (κ3) is 5.62. The Balaban J connectivity index is 1.16. The Labute approximate surface area is 346 Å². The summed E-state index contributed by atoms with van der Waals surface area (Å²) in [7, 11) is 0. The van der Waals surface area contributed by atoms with Gasteiger partial charge >= 0.3 is 0 Å². The number of furan rings is 1. The van der Waals surface area contributed by atoms with Crippen molar-refractivity contribution in [3.63, 3.8) is 0 Å². The van der Waals surface area contributed by atoms with Gasteiger partial charge in [-0.2, -0.15) is 0 Å². The van der Waals surface area contributed by atoms with Crippen LogP contribution in [0.4, 0.5) is 17.1 Å². The first-order valence-corrected chi connectivity index (χ1v) is 20.8. The van der Waals surface area contributed by atoms with Crippen LogP contribution in [0.25, 0.3) is 76.9 Å². The molecule has 9 aromatic carbocycles. The molecule has 59 heavy (non-hydrogen) atoms. The molecule has 1 aliphatic carbocycles. The van der Waals surface area contributed by atoms with E-state index < -0.39 is 0 Å². The molecular formula is C57H45NO. The summed E-state index contributed by atoms with van der Waals surface area (Å²) >= 11 is 0. The minimum Gasteiger partial charge on any atom is -0.455 e. The summed E-state index contributed by atoms with van der Waals surface area (Å²) < 4.78 is 6.77. The lowest BCUT2D eigenvalue weighted by molar-refractivity contribution is 0.590. The summed E-state index contributed by atoms with van der Waals surface area (Å²) in [4.78, 5) is 2.46. The minimum atomic E-state index is -0.132. The first kappa shape index (κ1) is 35.3. The van der Waals surface area contributed by atoms with Gasteiger partial charge in [0.25, 0.3) is 0 Å². The molecule has 0 amide bonds. The van der Waals surface area contributed by atoms with Crippen LogP contribution in [0.3, 0.4) is 0 Å². The third-order valence-electron chi connectivity index (χ3n) is 12.8. The van der Waals surface area contributed by atoms with Crippen molar-refractivity contribution >= 4 is 60.5 Å². The molecule has 1 aromatic heterocycles. The van der Waals surface area contributed by atoms with Gasteiger partial charge in [0.05, 0.1) is 5.69 Å². The number of hydrogen-bond donors (Lipinski definition) is 0. The number of fused-ring (bicyclic) bond motifs is 8. The molecule has 0 saturated carbocycles. The Kier molecular flexibility index (Phi) is 7.81. The average molecular weight is 760 g/mol. The van der Waals surface area contributed by atoms with E-state index in [1.807, 2.05) is 6.07 Å². The number of rotatable bonds is 5. The van der Waals surface area contributed by atoms with E-state index >= 15 is 0 Å². The predicted molar refractivity (Wildman–Crippen MR) is 251 cm³/mol. The van der Waals surface area contributed by atoms with Crippen molar-refractivity contribution in [3.8, 4) is 33.4 Å². The van der Waals surface area contributed by atoms with Gasteiger partial charge in [0.2, 0.25) is 0 Å². The van der Waals surface area contributed by atoms with Crippen molar-refractivity contribution in [3.05, 3.63) is 199 Å². The lowest BCUT2D eigenvalue weighted by Crippen LogP contribution is -2.15. The van der Waals surface area contributed by atoms with Crippen LogP contribution >= 0.6 is 0 Å². The molecule has 0 atom stereocenters. The number of para-hydroxylation sites is 2. The summed E-state index contributed by atoms with van der Waals surface area (Å²) in [5.41, 5.74) is 16.3. The lowest BCUT2D eigenvalue weighted by Gasteiger charge is -2.30. The van der Waals surface area contributed by atoms with Gasteiger partial charge in [-0.05, 0) is 114 Å². The van der Waals surface area contributed by atoms with E-state index in [0.29, 0.717) is 0 Å². The number of nitrogens with zero attached hydrogens (tertiary/aromatic N) is 1. The second-order valence-electron chi connectivity index (χ2n) is 17.8. The van der Waals surface area contributed by atoms with Crippen molar-refractivity contribution in [2.24, 2.45) is 0 Å². The Morgan fingerprint density at radius 3 is 1.81 bits per heavy atom. The highest BCUT2D eigenvalue weighted by Gasteiger charge is 2.36. The van der Waals surface area contributed by atoms with Crippen LogP contribution in [-0.2, 0) is 10.8 Å². The fourth-order valence-corrected chi connectivity index (χ4v) is 9.63. The first-order valence-electron chi connectivity index (χ1n) is 20.8. The molecule has 0 unspecified atom stereocenters. The summed E-state index contributed by atoms with van der Waals surface area (Å²) in [5.74, 6) is 0. The van der Waals surface area contributed by atoms with E-state index in [-0.39, 0.29) is 10.8 Å². The van der Waals surface area contributed by atoms with E-state index in [2.05, 4.69) is 215 Å². The van der Waals surface area contributed by atoms with Gasteiger partial charge in [0.1, 0.15) is 11.2 Å². The second kappa shape index (κ2) is 13.1. The van der Waals surface area contributed by atoms with Crippen molar-refractivity contribution in [1.29, 1.82) is 0 Å². The predicted octanol–water partition coefficient (Wildman–Crippen LogP) is 16.3. The standard InChI is InChI=1S/C57H45NO/c1-56(2,3)41-26-21-36(22-27-41)37-23-28-42(29-24-37)58(43-30-31-50-49(35-43)48-33-39-14-6-7-15-40(39)34-51(48)57(50,4)5)52-32-25-38-13-8-9-16-44(38)54(52)47-19-12-18-46-45-17-10-11-20-53(45)59-55(46)47/h6-35H,1-5H3. The third-order valence-corrected chi connectivity index (χ3v) is 12.8. The van der Waals surface area contributed by atoms with Crippen LogP contribution < -0.4 is 4.90 Å². The monoisotopic (exact) mass is 759 g/mol. The molecule has 0 bridgehead atoms. The largest absolute Gasteiger partial charge is 0.455 e. The summed E-state index contributed by atoms with van der Waals surface area (Å²) in [5, 5.41) is 7.15. The van der Waals surface area contributed by atoms with Crippen LogP contribution in [0, 0.1) is 0 Å². The molecule has 0 aliphatic heterocycles. The van der Waals surface area contributed by atoms with Crippen LogP contribution in [0.1, 0.15) is 51.3 Å². The van der Waals surface area contributed by atoms with E-state index in [1.54, 1.807) is 0 Å². The van der Waals surface area contributed by atoms with E-state index in [0.717, 1.165) is 50.1 Å². The highest BCUT2D eigenvalue weighted by Crippen LogP contribution is 2.53. The molecule has 284 valence electrons. The zero-order chi connectivity index (χ0) is 40.0. The van der Waals surface area contributed by atoms with Gasteiger partial charge in [-0.15, -0.1) is 0 Å². The summed E-state index contributed by atoms with van der Waals surface area (Å²) in [6, 6.07) is 67.1. The fourth-order valence-electron chi connectivity index (χ4n) is 9.63. The topological polar surface area (TPSA) is 16.4 Å². The smallest absolute Gasteiger partial charge is 0.143 e. The van der Waals surface area contributed by atoms with Gasteiger partial charge in [-0.25, -0.2) is 0 Å². The van der Waals surface area contributed by atoms with E-state index in [9.17, 15) is 0 Å². The van der Waals surface area contributed by atoms with Crippen LogP contribution in [0.5, 0.6) is 0 Å². The molecule has 2 nitrogen and oxygen atoms in total. The van der Waals surface area contributed by atoms with Crippen LogP contribution in [0.15, 0.2) is 186 Å². The van der Waals surface area contributed by atoms with Gasteiger partial charge in [-0.3, -0.25) is 0 Å². The van der Waals surface area contributed by atoms with Crippen molar-refractivity contribution < 1.29 is 4.42 Å². The summed E-state index contributed by atoms with van der Waals surface area (Å²) in [6.07, 6.45) is 0. The Morgan fingerprint density at radius 1 is 0.458 bits per heavy atom. The fraction of sp³-hybridized carbons (Fsp3) is 0.123. The highest BCUT2D eigenvalue weighted by molar-refractivity contribution is 6.15. The van der Waals surface area contributed by atoms with Gasteiger partial charge in [0, 0.05) is 38.7 Å². The molecule has 0 fully saturated rings. The second-order valence-corrected chi connectivity index (χ2v) is 17.8. The SMILES string of the molecule is CC(C)(C)c1ccc(-c2ccc(N(c3ccc4c(c3)-c3cc5ccccc5cc3C4(C)C)c3ccc4ccccc4c3-c3cccc4c3oc3ccccc34)cc2)cc1. The molecule has 0 spiro atoms. The maximum atomic E-state index is 6.77. The average Bonchev–Trinajstić information content (AvgIpc) is 3.74. The molecule has 1 aliphatic rings. The molecule has 1 heterocycles. The van der Waals surface area contributed by atoms with Crippen LogP contribution in [0.2, 0.25) is 0 Å². The lowest BCUT2D eigenvalue weighted by atomic mass is 9.82. The normalized spacial score (nSPS) is 13.3. The van der Waals surface area contributed by atoms with Crippen molar-refractivity contribution in [2.45, 2.75) is 45.4 Å². The molecule has 0 saturated heterocycles. The molecule has 10 aromatic rings. The quantitative estimate of drug-likeness (QED) is 0.174. The van der Waals surface area contributed by atoms with Crippen molar-refractivity contribution in [1.82, 2.24) is 0 Å². The number of benzene rings is 9.